The van der Waals surface area contributed by atoms with Gasteiger partial charge in [-0.15, -0.1) is 0 Å². The lowest BCUT2D eigenvalue weighted by Crippen LogP contribution is -2.32. The molecule has 1 heterocycles. The first-order valence-corrected chi connectivity index (χ1v) is 7.43. The van der Waals surface area contributed by atoms with Crippen LogP contribution in [0.4, 0.5) is 11.6 Å². The summed E-state index contributed by atoms with van der Waals surface area (Å²) in [6.45, 7) is 11.5. The first-order valence-electron chi connectivity index (χ1n) is 7.43. The molecule has 1 rings (SSSR count). The van der Waals surface area contributed by atoms with E-state index >= 15 is 0 Å². The number of nitrogens with zero attached hydrogens (tertiary/aromatic N) is 2. The summed E-state index contributed by atoms with van der Waals surface area (Å²) in [7, 11) is 0. The van der Waals surface area contributed by atoms with Crippen molar-refractivity contribution in [3.05, 3.63) is 18.2 Å². The Morgan fingerprint density at radius 1 is 1.05 bits per heavy atom. The van der Waals surface area contributed by atoms with E-state index in [4.69, 9.17) is 9.47 Å². The molecule has 0 saturated carbocycles. The Bertz CT molecular complexity index is 351. The first-order chi connectivity index (χ1) is 9.81. The fourth-order valence-corrected chi connectivity index (χ4v) is 1.86. The third-order valence-corrected chi connectivity index (χ3v) is 2.84. The number of hydrogen-bond acceptors (Lipinski definition) is 5. The molecule has 20 heavy (non-hydrogen) atoms. The van der Waals surface area contributed by atoms with Crippen LogP contribution in [0.5, 0.6) is 0 Å². The lowest BCUT2D eigenvalue weighted by molar-refractivity contribution is 0.141. The number of aromatic nitrogens is 1. The molecule has 0 fully saturated rings. The summed E-state index contributed by atoms with van der Waals surface area (Å²) < 4.78 is 10.9. The van der Waals surface area contributed by atoms with Gasteiger partial charge in [-0.05, 0) is 32.9 Å². The highest BCUT2D eigenvalue weighted by Crippen LogP contribution is 2.14. The number of nitrogens with one attached hydrogen (secondary N) is 1. The minimum Gasteiger partial charge on any atom is -0.380 e. The molecular formula is C15H27N3O2. The van der Waals surface area contributed by atoms with Crippen molar-refractivity contribution in [1.29, 1.82) is 0 Å². The molecule has 0 amide bonds. The normalized spacial score (nSPS) is 10.6. The van der Waals surface area contributed by atoms with Gasteiger partial charge >= 0.3 is 0 Å². The van der Waals surface area contributed by atoms with Crippen molar-refractivity contribution in [3.63, 3.8) is 0 Å². The Morgan fingerprint density at radius 3 is 2.25 bits per heavy atom. The third kappa shape index (κ3) is 6.21. The van der Waals surface area contributed by atoms with Crippen molar-refractivity contribution in [2.75, 3.05) is 56.3 Å². The minimum atomic E-state index is 0.704. The molecule has 0 spiro atoms. The van der Waals surface area contributed by atoms with Crippen LogP contribution < -0.4 is 10.2 Å². The molecule has 0 aromatic carbocycles. The summed E-state index contributed by atoms with van der Waals surface area (Å²) in [5, 5.41) is 3.24. The molecule has 1 aromatic heterocycles. The summed E-state index contributed by atoms with van der Waals surface area (Å²) in [6.07, 6.45) is 0. The number of ether oxygens (including phenoxy) is 2. The number of pyridine rings is 1. The van der Waals surface area contributed by atoms with Crippen LogP contribution in [0.3, 0.4) is 0 Å². The zero-order valence-corrected chi connectivity index (χ0v) is 12.9. The van der Waals surface area contributed by atoms with Crippen LogP contribution in [-0.4, -0.2) is 51.0 Å². The van der Waals surface area contributed by atoms with E-state index in [0.29, 0.717) is 13.2 Å². The molecule has 5 nitrogen and oxygen atoms in total. The third-order valence-electron chi connectivity index (χ3n) is 2.84. The lowest BCUT2D eigenvalue weighted by Gasteiger charge is -2.24. The number of anilines is 2. The van der Waals surface area contributed by atoms with E-state index in [2.05, 4.69) is 22.1 Å². The molecule has 114 valence electrons. The van der Waals surface area contributed by atoms with E-state index < -0.39 is 0 Å². The monoisotopic (exact) mass is 281 g/mol. The van der Waals surface area contributed by atoms with Gasteiger partial charge in [-0.3, -0.25) is 0 Å². The maximum Gasteiger partial charge on any atom is 0.131 e. The van der Waals surface area contributed by atoms with Gasteiger partial charge in [-0.25, -0.2) is 4.98 Å². The van der Waals surface area contributed by atoms with Crippen LogP contribution in [0.25, 0.3) is 0 Å². The molecule has 0 bridgehead atoms. The largest absolute Gasteiger partial charge is 0.380 e. The molecule has 0 radical (unpaired) electrons. The minimum absolute atomic E-state index is 0.704. The highest BCUT2D eigenvalue weighted by molar-refractivity contribution is 5.47. The van der Waals surface area contributed by atoms with Crippen molar-refractivity contribution in [3.8, 4) is 0 Å². The summed E-state index contributed by atoms with van der Waals surface area (Å²) in [5.74, 6) is 1.87. The van der Waals surface area contributed by atoms with E-state index in [1.807, 2.05) is 32.0 Å². The van der Waals surface area contributed by atoms with E-state index in [-0.39, 0.29) is 0 Å². The van der Waals surface area contributed by atoms with E-state index in [0.717, 1.165) is 44.5 Å². The Balaban J connectivity index is 2.65. The second kappa shape index (κ2) is 10.5. The van der Waals surface area contributed by atoms with Crippen LogP contribution in [0.2, 0.25) is 0 Å². The molecular weight excluding hydrogens is 254 g/mol. The number of hydrogen-bond donors (Lipinski definition) is 1. The number of rotatable bonds is 11. The molecule has 1 aromatic rings. The van der Waals surface area contributed by atoms with Gasteiger partial charge in [0.15, 0.2) is 0 Å². The van der Waals surface area contributed by atoms with E-state index in [1.54, 1.807) is 0 Å². The Hall–Kier alpha value is -1.33. The van der Waals surface area contributed by atoms with Crippen LogP contribution in [-0.2, 0) is 9.47 Å². The van der Waals surface area contributed by atoms with Crippen LogP contribution in [0, 0.1) is 0 Å². The maximum absolute atomic E-state index is 5.44. The van der Waals surface area contributed by atoms with Gasteiger partial charge in [0.2, 0.25) is 0 Å². The predicted molar refractivity (Wildman–Crippen MR) is 83.6 cm³/mol. The van der Waals surface area contributed by atoms with Crippen LogP contribution in [0.1, 0.15) is 20.8 Å². The molecule has 0 atom stereocenters. The average molecular weight is 281 g/mol. The fraction of sp³-hybridized carbons (Fsp3) is 0.667. The van der Waals surface area contributed by atoms with Gasteiger partial charge < -0.3 is 19.7 Å². The highest BCUT2D eigenvalue weighted by Gasteiger charge is 2.08. The molecule has 0 unspecified atom stereocenters. The summed E-state index contributed by atoms with van der Waals surface area (Å²) in [6, 6.07) is 6.03. The summed E-state index contributed by atoms with van der Waals surface area (Å²) in [4.78, 5) is 6.82. The standard InChI is InChI=1S/C15H27N3O2/c1-4-16-14-8-7-9-15(17-14)18(10-12-19-5-2)11-13-20-6-3/h7-9H,4-6,10-13H2,1-3H3,(H,16,17). The van der Waals surface area contributed by atoms with Crippen molar-refractivity contribution in [1.82, 2.24) is 4.98 Å². The molecule has 0 aliphatic rings. The highest BCUT2D eigenvalue weighted by atomic mass is 16.5. The van der Waals surface area contributed by atoms with Crippen molar-refractivity contribution in [2.24, 2.45) is 0 Å². The van der Waals surface area contributed by atoms with Crippen LogP contribution >= 0.6 is 0 Å². The molecule has 5 heteroatoms. The molecule has 0 saturated heterocycles. The zero-order chi connectivity index (χ0) is 14.6. The fourth-order valence-electron chi connectivity index (χ4n) is 1.86. The SMILES string of the molecule is CCNc1cccc(N(CCOCC)CCOCC)n1. The Kier molecular flexibility index (Phi) is 8.74. The maximum atomic E-state index is 5.44. The van der Waals surface area contributed by atoms with Crippen molar-refractivity contribution >= 4 is 11.6 Å². The van der Waals surface area contributed by atoms with Gasteiger partial charge in [-0.1, -0.05) is 6.07 Å². The van der Waals surface area contributed by atoms with Gasteiger partial charge in [0.25, 0.3) is 0 Å². The van der Waals surface area contributed by atoms with Gasteiger partial charge in [0.1, 0.15) is 11.6 Å². The van der Waals surface area contributed by atoms with Gasteiger partial charge in [0.05, 0.1) is 13.2 Å². The lowest BCUT2D eigenvalue weighted by atomic mass is 10.4. The smallest absolute Gasteiger partial charge is 0.131 e. The van der Waals surface area contributed by atoms with Crippen molar-refractivity contribution in [2.45, 2.75) is 20.8 Å². The van der Waals surface area contributed by atoms with E-state index in [1.165, 1.54) is 0 Å². The molecule has 1 N–H and O–H groups in total. The first kappa shape index (κ1) is 16.7. The molecule has 0 aliphatic heterocycles. The summed E-state index contributed by atoms with van der Waals surface area (Å²) >= 11 is 0. The molecule has 0 aliphatic carbocycles. The average Bonchev–Trinajstić information content (AvgIpc) is 2.47. The zero-order valence-electron chi connectivity index (χ0n) is 12.9. The van der Waals surface area contributed by atoms with E-state index in [9.17, 15) is 0 Å². The Morgan fingerprint density at radius 2 is 1.70 bits per heavy atom. The second-order valence-corrected chi connectivity index (χ2v) is 4.29. The predicted octanol–water partition coefficient (Wildman–Crippen LogP) is 2.39. The van der Waals surface area contributed by atoms with Crippen molar-refractivity contribution < 1.29 is 9.47 Å². The van der Waals surface area contributed by atoms with Gasteiger partial charge in [0, 0.05) is 32.8 Å². The Labute approximate surface area is 122 Å². The summed E-state index contributed by atoms with van der Waals surface area (Å²) in [5.41, 5.74) is 0. The van der Waals surface area contributed by atoms with Crippen LogP contribution in [0.15, 0.2) is 18.2 Å². The van der Waals surface area contributed by atoms with Gasteiger partial charge in [-0.2, -0.15) is 0 Å². The second-order valence-electron chi connectivity index (χ2n) is 4.29. The topological polar surface area (TPSA) is 46.6 Å². The quantitative estimate of drug-likeness (QED) is 0.631.